The summed E-state index contributed by atoms with van der Waals surface area (Å²) in [6.45, 7) is 3.60. The molecule has 0 saturated heterocycles. The first-order chi connectivity index (χ1) is 12.0. The smallest absolute Gasteiger partial charge is 0.355 e. The Balaban J connectivity index is 1.97. The molecule has 0 fully saturated rings. The van der Waals surface area contributed by atoms with E-state index < -0.39 is 5.97 Å². The van der Waals surface area contributed by atoms with E-state index in [9.17, 15) is 14.4 Å². The number of hydrogen-bond acceptors (Lipinski definition) is 5. The SMILES string of the molecule is CCC(CC)NC(=O)COC(=O)C1=NN(c2ccccc2)C(=O)CC1. The minimum atomic E-state index is -0.673. The Bertz CT molecular complexity index is 654. The van der Waals surface area contributed by atoms with Gasteiger partial charge in [0.05, 0.1) is 5.69 Å². The molecule has 0 aliphatic carbocycles. The molecule has 1 aliphatic heterocycles. The first kappa shape index (κ1) is 18.6. The predicted octanol–water partition coefficient (Wildman–Crippen LogP) is 2.02. The lowest BCUT2D eigenvalue weighted by atomic mass is 10.1. The van der Waals surface area contributed by atoms with Crippen LogP contribution >= 0.6 is 0 Å². The number of nitrogens with one attached hydrogen (secondary N) is 1. The lowest BCUT2D eigenvalue weighted by molar-refractivity contribution is -0.142. The summed E-state index contributed by atoms with van der Waals surface area (Å²) in [6.07, 6.45) is 2.01. The highest BCUT2D eigenvalue weighted by Gasteiger charge is 2.26. The Morgan fingerprint density at radius 3 is 2.52 bits per heavy atom. The molecule has 2 amide bonds. The van der Waals surface area contributed by atoms with E-state index in [0.717, 1.165) is 12.8 Å². The summed E-state index contributed by atoms with van der Waals surface area (Å²) in [7, 11) is 0. The summed E-state index contributed by atoms with van der Waals surface area (Å²) in [5.74, 6) is -1.20. The molecule has 1 N–H and O–H groups in total. The highest BCUT2D eigenvalue weighted by Crippen LogP contribution is 2.19. The second-order valence-electron chi connectivity index (χ2n) is 5.74. The highest BCUT2D eigenvalue weighted by atomic mass is 16.5. The van der Waals surface area contributed by atoms with Crippen molar-refractivity contribution >= 4 is 29.2 Å². The van der Waals surface area contributed by atoms with Crippen molar-refractivity contribution in [1.82, 2.24) is 5.32 Å². The van der Waals surface area contributed by atoms with Gasteiger partial charge in [0.15, 0.2) is 6.61 Å². The molecule has 1 aromatic carbocycles. The molecule has 2 rings (SSSR count). The van der Waals surface area contributed by atoms with Crippen LogP contribution in [0.3, 0.4) is 0 Å². The second-order valence-corrected chi connectivity index (χ2v) is 5.74. The van der Waals surface area contributed by atoms with Crippen molar-refractivity contribution < 1.29 is 19.1 Å². The second kappa shape index (κ2) is 8.96. The van der Waals surface area contributed by atoms with Gasteiger partial charge < -0.3 is 10.1 Å². The third kappa shape index (κ3) is 5.14. The van der Waals surface area contributed by atoms with E-state index >= 15 is 0 Å². The number of hydrazone groups is 1. The maximum absolute atomic E-state index is 12.1. The van der Waals surface area contributed by atoms with E-state index in [0.29, 0.717) is 5.69 Å². The van der Waals surface area contributed by atoms with Crippen LogP contribution in [0.4, 0.5) is 5.69 Å². The van der Waals surface area contributed by atoms with Crippen molar-refractivity contribution in [3.05, 3.63) is 30.3 Å². The van der Waals surface area contributed by atoms with Gasteiger partial charge in [-0.25, -0.2) is 9.80 Å². The average molecular weight is 345 g/mol. The molecule has 0 atom stereocenters. The quantitative estimate of drug-likeness (QED) is 0.766. The maximum Gasteiger partial charge on any atom is 0.355 e. The van der Waals surface area contributed by atoms with Gasteiger partial charge in [0.1, 0.15) is 5.71 Å². The topological polar surface area (TPSA) is 88.1 Å². The number of carbonyl (C=O) groups excluding carboxylic acids is 3. The first-order valence-electron chi connectivity index (χ1n) is 8.47. The van der Waals surface area contributed by atoms with E-state index in [1.807, 2.05) is 19.9 Å². The van der Waals surface area contributed by atoms with Crippen LogP contribution in [0.5, 0.6) is 0 Å². The number of anilines is 1. The molecule has 1 aliphatic rings. The fourth-order valence-electron chi connectivity index (χ4n) is 2.45. The zero-order chi connectivity index (χ0) is 18.2. The summed E-state index contributed by atoms with van der Waals surface area (Å²) < 4.78 is 5.03. The summed E-state index contributed by atoms with van der Waals surface area (Å²) in [6, 6.07) is 8.94. The van der Waals surface area contributed by atoms with Crippen LogP contribution in [0.15, 0.2) is 35.4 Å². The van der Waals surface area contributed by atoms with Gasteiger partial charge in [0, 0.05) is 18.9 Å². The lowest BCUT2D eigenvalue weighted by Gasteiger charge is -2.22. The molecule has 25 heavy (non-hydrogen) atoms. The van der Waals surface area contributed by atoms with E-state index in [-0.39, 0.29) is 43.0 Å². The first-order valence-corrected chi connectivity index (χ1v) is 8.47. The summed E-state index contributed by atoms with van der Waals surface area (Å²) >= 11 is 0. The molecule has 0 bridgehead atoms. The standard InChI is InChI=1S/C18H23N3O4/c1-3-13(4-2)19-16(22)12-25-18(24)15-10-11-17(23)21(20-15)14-8-6-5-7-9-14/h5-9,13H,3-4,10-12H2,1-2H3,(H,19,22). The molecule has 1 heterocycles. The molecular weight excluding hydrogens is 322 g/mol. The number of amides is 2. The van der Waals surface area contributed by atoms with Crippen molar-refractivity contribution in [2.24, 2.45) is 5.10 Å². The number of benzene rings is 1. The fraction of sp³-hybridized carbons (Fsp3) is 0.444. The molecule has 0 radical (unpaired) electrons. The van der Waals surface area contributed by atoms with Gasteiger partial charge >= 0.3 is 5.97 Å². The number of nitrogens with zero attached hydrogens (tertiary/aromatic N) is 2. The van der Waals surface area contributed by atoms with Gasteiger partial charge in [0.25, 0.3) is 5.91 Å². The van der Waals surface area contributed by atoms with Crippen LogP contribution in [0.2, 0.25) is 0 Å². The molecule has 1 aromatic rings. The van der Waals surface area contributed by atoms with Crippen LogP contribution in [0.25, 0.3) is 0 Å². The summed E-state index contributed by atoms with van der Waals surface area (Å²) in [4.78, 5) is 36.0. The number of rotatable bonds is 7. The van der Waals surface area contributed by atoms with Crippen LogP contribution in [-0.2, 0) is 19.1 Å². The van der Waals surface area contributed by atoms with E-state index in [4.69, 9.17) is 4.74 Å². The molecule has 7 heteroatoms. The number of para-hydroxylation sites is 1. The zero-order valence-corrected chi connectivity index (χ0v) is 14.5. The van der Waals surface area contributed by atoms with E-state index in [1.165, 1.54) is 5.01 Å². The molecule has 134 valence electrons. The summed E-state index contributed by atoms with van der Waals surface area (Å²) in [5, 5.41) is 8.09. The van der Waals surface area contributed by atoms with E-state index in [1.54, 1.807) is 24.3 Å². The van der Waals surface area contributed by atoms with Crippen molar-refractivity contribution in [2.45, 2.75) is 45.6 Å². The molecule has 0 unspecified atom stereocenters. The van der Waals surface area contributed by atoms with Crippen LogP contribution in [0, 0.1) is 0 Å². The van der Waals surface area contributed by atoms with Gasteiger partial charge in [-0.1, -0.05) is 32.0 Å². The predicted molar refractivity (Wildman–Crippen MR) is 94.1 cm³/mol. The van der Waals surface area contributed by atoms with Gasteiger partial charge in [-0.15, -0.1) is 0 Å². The van der Waals surface area contributed by atoms with Crippen LogP contribution in [0.1, 0.15) is 39.5 Å². The number of ether oxygens (including phenoxy) is 1. The Kier molecular flexibility index (Phi) is 6.68. The third-order valence-electron chi connectivity index (χ3n) is 3.95. The maximum atomic E-state index is 12.1. The van der Waals surface area contributed by atoms with Crippen molar-refractivity contribution in [2.75, 3.05) is 11.6 Å². The van der Waals surface area contributed by atoms with E-state index in [2.05, 4.69) is 10.4 Å². The van der Waals surface area contributed by atoms with Crippen molar-refractivity contribution in [1.29, 1.82) is 0 Å². The Hall–Kier alpha value is -2.70. The fourth-order valence-corrected chi connectivity index (χ4v) is 2.45. The molecule has 0 aromatic heterocycles. The number of carbonyl (C=O) groups is 3. The summed E-state index contributed by atoms with van der Waals surface area (Å²) in [5.41, 5.74) is 0.725. The number of esters is 1. The monoisotopic (exact) mass is 345 g/mol. The van der Waals surface area contributed by atoms with Gasteiger partial charge in [-0.05, 0) is 25.0 Å². The van der Waals surface area contributed by atoms with Crippen molar-refractivity contribution in [3.8, 4) is 0 Å². The molecular formula is C18H23N3O4. The molecule has 0 saturated carbocycles. The van der Waals surface area contributed by atoms with Crippen molar-refractivity contribution in [3.63, 3.8) is 0 Å². The minimum Gasteiger partial charge on any atom is -0.451 e. The lowest BCUT2D eigenvalue weighted by Crippen LogP contribution is -2.39. The van der Waals surface area contributed by atoms with Gasteiger partial charge in [-0.2, -0.15) is 5.10 Å². The number of hydrogen-bond donors (Lipinski definition) is 1. The molecule has 0 spiro atoms. The highest BCUT2D eigenvalue weighted by molar-refractivity contribution is 6.38. The van der Waals surface area contributed by atoms with Gasteiger partial charge in [-0.3, -0.25) is 9.59 Å². The normalized spacial score (nSPS) is 14.3. The Morgan fingerprint density at radius 2 is 1.88 bits per heavy atom. The largest absolute Gasteiger partial charge is 0.451 e. The average Bonchev–Trinajstić information content (AvgIpc) is 2.65. The van der Waals surface area contributed by atoms with Crippen LogP contribution in [-0.4, -0.2) is 36.1 Å². The zero-order valence-electron chi connectivity index (χ0n) is 14.5. The Labute approximate surface area is 147 Å². The Morgan fingerprint density at radius 1 is 1.20 bits per heavy atom. The minimum absolute atomic E-state index is 0.0735. The van der Waals surface area contributed by atoms with Crippen LogP contribution < -0.4 is 10.3 Å². The van der Waals surface area contributed by atoms with Gasteiger partial charge in [0.2, 0.25) is 5.91 Å². The molecule has 7 nitrogen and oxygen atoms in total. The third-order valence-corrected chi connectivity index (χ3v) is 3.95.